The molecular formula is C10H12N4O3S3. The summed E-state index contributed by atoms with van der Waals surface area (Å²) in [6.45, 7) is 3.06. The van der Waals surface area contributed by atoms with Crippen LogP contribution < -0.4 is 10.0 Å². The van der Waals surface area contributed by atoms with Crippen molar-refractivity contribution in [3.63, 3.8) is 0 Å². The third kappa shape index (κ3) is 3.60. The molecule has 20 heavy (non-hydrogen) atoms. The number of amides is 1. The lowest BCUT2D eigenvalue weighted by Crippen LogP contribution is -2.26. The Morgan fingerprint density at radius 3 is 2.75 bits per heavy atom. The van der Waals surface area contributed by atoms with Gasteiger partial charge in [0.1, 0.15) is 0 Å². The average Bonchev–Trinajstić information content (AvgIpc) is 2.97. The van der Waals surface area contributed by atoms with E-state index in [-0.39, 0.29) is 21.4 Å². The fourth-order valence-corrected chi connectivity index (χ4v) is 4.39. The Labute approximate surface area is 124 Å². The van der Waals surface area contributed by atoms with Crippen LogP contribution in [0, 0.1) is 0 Å². The highest BCUT2D eigenvalue weighted by atomic mass is 32.2. The number of aromatic nitrogens is 2. The fourth-order valence-electron chi connectivity index (χ4n) is 1.40. The minimum Gasteiger partial charge on any atom is -0.301 e. The van der Waals surface area contributed by atoms with E-state index < -0.39 is 10.0 Å². The molecule has 0 saturated carbocycles. The van der Waals surface area contributed by atoms with Crippen molar-refractivity contribution in [1.29, 1.82) is 0 Å². The maximum absolute atomic E-state index is 12.1. The van der Waals surface area contributed by atoms with Crippen LogP contribution in [0.3, 0.4) is 0 Å². The molecular weight excluding hydrogens is 320 g/mol. The Balaban J connectivity index is 2.14. The monoisotopic (exact) mass is 332 g/mol. The van der Waals surface area contributed by atoms with Gasteiger partial charge in [0.05, 0.1) is 6.04 Å². The number of anilines is 1. The lowest BCUT2D eigenvalue weighted by molar-refractivity contribution is -0.114. The zero-order chi connectivity index (χ0) is 14.8. The summed E-state index contributed by atoms with van der Waals surface area (Å²) in [7, 11) is -3.75. The van der Waals surface area contributed by atoms with Gasteiger partial charge in [-0.25, -0.2) is 13.1 Å². The highest BCUT2D eigenvalue weighted by Crippen LogP contribution is 2.24. The summed E-state index contributed by atoms with van der Waals surface area (Å²) in [4.78, 5) is 11.8. The van der Waals surface area contributed by atoms with E-state index in [9.17, 15) is 13.2 Å². The van der Waals surface area contributed by atoms with Gasteiger partial charge in [-0.15, -0.1) is 21.5 Å². The number of nitrogens with zero attached hydrogens (tertiary/aromatic N) is 2. The topological polar surface area (TPSA) is 101 Å². The van der Waals surface area contributed by atoms with Crippen LogP contribution in [-0.4, -0.2) is 24.5 Å². The molecule has 7 nitrogen and oxygen atoms in total. The van der Waals surface area contributed by atoms with E-state index >= 15 is 0 Å². The third-order valence-electron chi connectivity index (χ3n) is 2.22. The quantitative estimate of drug-likeness (QED) is 0.810. The van der Waals surface area contributed by atoms with Crippen molar-refractivity contribution in [3.05, 3.63) is 22.4 Å². The molecule has 0 bridgehead atoms. The zero-order valence-corrected chi connectivity index (χ0v) is 13.1. The summed E-state index contributed by atoms with van der Waals surface area (Å²) in [6, 6.07) is 3.35. The lowest BCUT2D eigenvalue weighted by Gasteiger charge is -2.10. The largest absolute Gasteiger partial charge is 0.301 e. The van der Waals surface area contributed by atoms with Crippen LogP contribution in [0.25, 0.3) is 0 Å². The van der Waals surface area contributed by atoms with Gasteiger partial charge in [0, 0.05) is 11.8 Å². The van der Waals surface area contributed by atoms with E-state index in [1.807, 2.05) is 17.5 Å². The second-order valence-electron chi connectivity index (χ2n) is 3.91. The first-order valence-corrected chi connectivity index (χ1v) is 8.73. The van der Waals surface area contributed by atoms with Crippen LogP contribution >= 0.6 is 22.7 Å². The molecule has 0 spiro atoms. The predicted octanol–water partition coefficient (Wildman–Crippen LogP) is 1.60. The molecule has 1 amide bonds. The highest BCUT2D eigenvalue weighted by molar-refractivity contribution is 7.91. The Kier molecular flexibility index (Phi) is 4.48. The molecule has 2 rings (SSSR count). The molecule has 10 heteroatoms. The van der Waals surface area contributed by atoms with Gasteiger partial charge in [0.25, 0.3) is 10.0 Å². The Hall–Kier alpha value is -1.36. The molecule has 0 radical (unpaired) electrons. The van der Waals surface area contributed by atoms with E-state index in [0.29, 0.717) is 0 Å². The van der Waals surface area contributed by atoms with Crippen LogP contribution in [0.4, 0.5) is 5.13 Å². The molecule has 0 aliphatic heterocycles. The molecule has 0 saturated heterocycles. The molecule has 2 N–H and O–H groups in total. The van der Waals surface area contributed by atoms with Gasteiger partial charge in [-0.2, -0.15) is 0 Å². The molecule has 0 aliphatic carbocycles. The first-order valence-electron chi connectivity index (χ1n) is 5.55. The first-order chi connectivity index (χ1) is 9.38. The molecule has 1 atom stereocenters. The van der Waals surface area contributed by atoms with Gasteiger partial charge in [0.15, 0.2) is 0 Å². The van der Waals surface area contributed by atoms with Gasteiger partial charge in [0.2, 0.25) is 15.4 Å². The summed E-state index contributed by atoms with van der Waals surface area (Å²) in [5.74, 6) is -0.329. The SMILES string of the molecule is CC(=O)Nc1nnc(S(=O)(=O)NC(C)c2cccs2)s1. The molecule has 0 aliphatic rings. The number of nitrogens with one attached hydrogen (secondary N) is 2. The Morgan fingerprint density at radius 2 is 2.15 bits per heavy atom. The lowest BCUT2D eigenvalue weighted by atomic mass is 10.3. The predicted molar refractivity (Wildman–Crippen MR) is 77.3 cm³/mol. The van der Waals surface area contributed by atoms with Crippen LogP contribution in [-0.2, 0) is 14.8 Å². The zero-order valence-electron chi connectivity index (χ0n) is 10.7. The average molecular weight is 332 g/mol. The van der Waals surface area contributed by atoms with Crippen LogP contribution in [0.2, 0.25) is 0 Å². The smallest absolute Gasteiger partial charge is 0.270 e. The summed E-state index contributed by atoms with van der Waals surface area (Å²) >= 11 is 2.27. The van der Waals surface area contributed by atoms with E-state index in [4.69, 9.17) is 0 Å². The van der Waals surface area contributed by atoms with E-state index in [1.54, 1.807) is 6.92 Å². The number of hydrogen-bond donors (Lipinski definition) is 2. The van der Waals surface area contributed by atoms with Crippen molar-refractivity contribution in [2.45, 2.75) is 24.2 Å². The van der Waals surface area contributed by atoms with Crippen LogP contribution in [0.1, 0.15) is 24.8 Å². The van der Waals surface area contributed by atoms with Gasteiger partial charge >= 0.3 is 0 Å². The molecule has 108 valence electrons. The number of sulfonamides is 1. The van der Waals surface area contributed by atoms with Gasteiger partial charge in [-0.1, -0.05) is 17.4 Å². The van der Waals surface area contributed by atoms with Crippen molar-refractivity contribution in [2.75, 3.05) is 5.32 Å². The minimum absolute atomic E-state index is 0.154. The van der Waals surface area contributed by atoms with Crippen molar-refractivity contribution < 1.29 is 13.2 Å². The Morgan fingerprint density at radius 1 is 1.40 bits per heavy atom. The summed E-state index contributed by atoms with van der Waals surface area (Å²) in [6.07, 6.45) is 0. The molecule has 2 aromatic rings. The summed E-state index contributed by atoms with van der Waals surface area (Å²) in [5, 5.41) is 11.6. The van der Waals surface area contributed by atoms with Crippen molar-refractivity contribution in [1.82, 2.24) is 14.9 Å². The van der Waals surface area contributed by atoms with E-state index in [2.05, 4.69) is 20.2 Å². The first kappa shape index (κ1) is 15.0. The second-order valence-corrected chi connectivity index (χ2v) is 7.76. The number of thiophene rings is 1. The second kappa shape index (κ2) is 5.95. The number of carbonyl (C=O) groups excluding carboxylic acids is 1. The van der Waals surface area contributed by atoms with Crippen molar-refractivity contribution in [2.24, 2.45) is 0 Å². The Bertz CT molecular complexity index is 693. The normalized spacial score (nSPS) is 13.1. The number of rotatable bonds is 5. The van der Waals surface area contributed by atoms with Gasteiger partial charge < -0.3 is 5.32 Å². The third-order valence-corrected chi connectivity index (χ3v) is 6.02. The number of hydrogen-bond acceptors (Lipinski definition) is 7. The minimum atomic E-state index is -3.75. The standard InChI is InChI=1S/C10H12N4O3S3/c1-6(8-4-3-5-18-8)14-20(16,17)10-13-12-9(19-10)11-7(2)15/h3-6,14H,1-2H3,(H,11,12,15). The maximum atomic E-state index is 12.1. The summed E-state index contributed by atoms with van der Waals surface area (Å²) < 4.78 is 26.6. The van der Waals surface area contributed by atoms with Crippen LogP contribution in [0.15, 0.2) is 21.9 Å². The molecule has 0 fully saturated rings. The van der Waals surface area contributed by atoms with Crippen molar-refractivity contribution in [3.8, 4) is 0 Å². The number of carbonyl (C=O) groups is 1. The summed E-state index contributed by atoms with van der Waals surface area (Å²) in [5.41, 5.74) is 0. The van der Waals surface area contributed by atoms with Gasteiger partial charge in [-0.3, -0.25) is 4.79 Å². The molecule has 0 aromatic carbocycles. The van der Waals surface area contributed by atoms with E-state index in [1.165, 1.54) is 18.3 Å². The molecule has 2 heterocycles. The molecule has 2 aromatic heterocycles. The van der Waals surface area contributed by atoms with Crippen LogP contribution in [0.5, 0.6) is 0 Å². The van der Waals surface area contributed by atoms with Gasteiger partial charge in [-0.05, 0) is 18.4 Å². The van der Waals surface area contributed by atoms with Crippen molar-refractivity contribution >= 4 is 43.7 Å². The molecule has 1 unspecified atom stereocenters. The fraction of sp³-hybridized carbons (Fsp3) is 0.300. The highest BCUT2D eigenvalue weighted by Gasteiger charge is 2.23. The maximum Gasteiger partial charge on any atom is 0.270 e. The van der Waals surface area contributed by atoms with E-state index in [0.717, 1.165) is 16.2 Å².